The van der Waals surface area contributed by atoms with E-state index in [0.29, 0.717) is 10.6 Å². The molecule has 0 bridgehead atoms. The minimum absolute atomic E-state index is 0.0770. The Morgan fingerprint density at radius 1 is 1.42 bits per heavy atom. The average molecular weight is 350 g/mol. The molecular formula is C15H12ClN3O5. The number of rotatable bonds is 5. The van der Waals surface area contributed by atoms with Crippen LogP contribution in [-0.4, -0.2) is 29.3 Å². The molecule has 0 unspecified atom stereocenters. The van der Waals surface area contributed by atoms with Gasteiger partial charge in [-0.2, -0.15) is 5.10 Å². The van der Waals surface area contributed by atoms with Crippen LogP contribution in [0.1, 0.15) is 15.9 Å². The molecule has 0 aliphatic rings. The second-order valence-electron chi connectivity index (χ2n) is 4.56. The zero-order chi connectivity index (χ0) is 17.7. The average Bonchev–Trinajstić information content (AvgIpc) is 2.55. The van der Waals surface area contributed by atoms with Crippen molar-refractivity contribution in [1.82, 2.24) is 5.43 Å². The first-order chi connectivity index (χ1) is 11.4. The molecule has 0 saturated heterocycles. The molecule has 0 heterocycles. The number of hydrogen-bond acceptors (Lipinski definition) is 6. The van der Waals surface area contributed by atoms with E-state index >= 15 is 0 Å². The van der Waals surface area contributed by atoms with E-state index in [4.69, 9.17) is 16.3 Å². The number of aromatic hydroxyl groups is 1. The van der Waals surface area contributed by atoms with Gasteiger partial charge in [-0.3, -0.25) is 14.9 Å². The van der Waals surface area contributed by atoms with Crippen LogP contribution in [0.2, 0.25) is 5.02 Å². The standard InChI is InChI=1S/C15H12ClN3O5/c1-24-13-6-9(5-12(14(13)20)19(22)23)8-17-18-15(21)10-3-2-4-11(16)7-10/h2-8,20H,1H3,(H,18,21)/b17-8+. The van der Waals surface area contributed by atoms with Gasteiger partial charge in [0.2, 0.25) is 5.75 Å². The van der Waals surface area contributed by atoms with Crippen molar-refractivity contribution in [2.45, 2.75) is 0 Å². The van der Waals surface area contributed by atoms with Gasteiger partial charge in [0.15, 0.2) is 5.75 Å². The predicted molar refractivity (Wildman–Crippen MR) is 87.8 cm³/mol. The molecule has 0 fully saturated rings. The third kappa shape index (κ3) is 3.99. The molecule has 0 spiro atoms. The summed E-state index contributed by atoms with van der Waals surface area (Å²) in [5.41, 5.74) is 2.32. The Morgan fingerprint density at radius 2 is 2.17 bits per heavy atom. The van der Waals surface area contributed by atoms with E-state index < -0.39 is 22.3 Å². The van der Waals surface area contributed by atoms with E-state index in [0.717, 1.165) is 6.07 Å². The van der Waals surface area contributed by atoms with Crippen molar-refractivity contribution in [1.29, 1.82) is 0 Å². The minimum atomic E-state index is -0.750. The fourth-order valence-corrected chi connectivity index (χ4v) is 2.03. The third-order valence-electron chi connectivity index (χ3n) is 2.96. The molecule has 124 valence electrons. The van der Waals surface area contributed by atoms with E-state index in [1.165, 1.54) is 25.5 Å². The second-order valence-corrected chi connectivity index (χ2v) is 4.99. The van der Waals surface area contributed by atoms with E-state index in [1.54, 1.807) is 18.2 Å². The molecule has 0 aliphatic carbocycles. The summed E-state index contributed by atoms with van der Waals surface area (Å²) in [6.45, 7) is 0. The number of carbonyl (C=O) groups is 1. The van der Waals surface area contributed by atoms with Crippen LogP contribution in [0, 0.1) is 10.1 Å². The molecule has 24 heavy (non-hydrogen) atoms. The summed E-state index contributed by atoms with van der Waals surface area (Å²) in [6.07, 6.45) is 1.19. The van der Waals surface area contributed by atoms with Gasteiger partial charge in [-0.05, 0) is 24.3 Å². The van der Waals surface area contributed by atoms with E-state index in [-0.39, 0.29) is 11.3 Å². The minimum Gasteiger partial charge on any atom is -0.500 e. The SMILES string of the molecule is COc1cc(/C=N/NC(=O)c2cccc(Cl)c2)cc([N+](=O)[O-])c1O. The van der Waals surface area contributed by atoms with Crippen molar-refractivity contribution < 1.29 is 19.6 Å². The molecule has 0 aromatic heterocycles. The summed E-state index contributed by atoms with van der Waals surface area (Å²) in [5.74, 6) is -1.15. The summed E-state index contributed by atoms with van der Waals surface area (Å²) < 4.78 is 4.87. The van der Waals surface area contributed by atoms with Crippen molar-refractivity contribution in [2.75, 3.05) is 7.11 Å². The summed E-state index contributed by atoms with van der Waals surface area (Å²) in [4.78, 5) is 22.0. The number of nitro groups is 1. The molecule has 2 aromatic rings. The van der Waals surface area contributed by atoms with Crippen LogP contribution in [0.3, 0.4) is 0 Å². The fraction of sp³-hybridized carbons (Fsp3) is 0.0667. The first-order valence-corrected chi connectivity index (χ1v) is 6.94. The molecule has 2 N–H and O–H groups in total. The van der Waals surface area contributed by atoms with Crippen molar-refractivity contribution in [2.24, 2.45) is 5.10 Å². The number of carbonyl (C=O) groups excluding carboxylic acids is 1. The number of hydrazone groups is 1. The highest BCUT2D eigenvalue weighted by molar-refractivity contribution is 6.30. The maximum absolute atomic E-state index is 11.9. The van der Waals surface area contributed by atoms with E-state index in [1.807, 2.05) is 0 Å². The van der Waals surface area contributed by atoms with Gasteiger partial charge >= 0.3 is 5.69 Å². The molecule has 0 atom stereocenters. The Hall–Kier alpha value is -3.13. The molecule has 0 radical (unpaired) electrons. The number of nitrogens with one attached hydrogen (secondary N) is 1. The highest BCUT2D eigenvalue weighted by Gasteiger charge is 2.19. The van der Waals surface area contributed by atoms with Crippen LogP contribution in [0.15, 0.2) is 41.5 Å². The first-order valence-electron chi connectivity index (χ1n) is 6.56. The largest absolute Gasteiger partial charge is 0.500 e. The van der Waals surface area contributed by atoms with Crippen molar-refractivity contribution >= 4 is 29.4 Å². The number of benzene rings is 2. The zero-order valence-electron chi connectivity index (χ0n) is 12.4. The Morgan fingerprint density at radius 3 is 2.79 bits per heavy atom. The lowest BCUT2D eigenvalue weighted by Crippen LogP contribution is -2.17. The van der Waals surface area contributed by atoms with Gasteiger partial charge < -0.3 is 9.84 Å². The summed E-state index contributed by atoms with van der Waals surface area (Å²) in [5, 5.41) is 24.7. The maximum Gasteiger partial charge on any atom is 0.315 e. The van der Waals surface area contributed by atoms with Gasteiger partial charge in [-0.25, -0.2) is 5.43 Å². The molecule has 0 aliphatic heterocycles. The van der Waals surface area contributed by atoms with Gasteiger partial charge in [0.05, 0.1) is 18.2 Å². The number of methoxy groups -OCH3 is 1. The molecule has 2 rings (SSSR count). The lowest BCUT2D eigenvalue weighted by Gasteiger charge is -2.05. The highest BCUT2D eigenvalue weighted by atomic mass is 35.5. The first kappa shape index (κ1) is 17.2. The number of ether oxygens (including phenoxy) is 1. The van der Waals surface area contributed by atoms with Gasteiger partial charge in [0.25, 0.3) is 5.91 Å². The lowest BCUT2D eigenvalue weighted by molar-refractivity contribution is -0.386. The Kier molecular flexibility index (Phi) is 5.33. The molecule has 1 amide bonds. The molecule has 2 aromatic carbocycles. The van der Waals surface area contributed by atoms with Crippen LogP contribution in [0.25, 0.3) is 0 Å². The normalized spacial score (nSPS) is 10.6. The van der Waals surface area contributed by atoms with Crippen LogP contribution in [0.5, 0.6) is 11.5 Å². The van der Waals surface area contributed by atoms with E-state index in [9.17, 15) is 20.0 Å². The maximum atomic E-state index is 11.9. The number of hydrogen-bond donors (Lipinski definition) is 2. The molecular weight excluding hydrogens is 338 g/mol. The summed E-state index contributed by atoms with van der Waals surface area (Å²) >= 11 is 5.79. The third-order valence-corrected chi connectivity index (χ3v) is 3.20. The van der Waals surface area contributed by atoms with Crippen molar-refractivity contribution in [3.05, 3.63) is 62.7 Å². The van der Waals surface area contributed by atoms with Gasteiger partial charge in [-0.1, -0.05) is 17.7 Å². The smallest absolute Gasteiger partial charge is 0.315 e. The van der Waals surface area contributed by atoms with Gasteiger partial charge in [0.1, 0.15) is 0 Å². The Labute approximate surface area is 141 Å². The zero-order valence-corrected chi connectivity index (χ0v) is 13.1. The van der Waals surface area contributed by atoms with Crippen LogP contribution in [-0.2, 0) is 0 Å². The van der Waals surface area contributed by atoms with Crippen LogP contribution >= 0.6 is 11.6 Å². The van der Waals surface area contributed by atoms with Crippen molar-refractivity contribution in [3.8, 4) is 11.5 Å². The van der Waals surface area contributed by atoms with Gasteiger partial charge in [-0.15, -0.1) is 0 Å². The number of amides is 1. The quantitative estimate of drug-likeness (QED) is 0.489. The lowest BCUT2D eigenvalue weighted by atomic mass is 10.2. The van der Waals surface area contributed by atoms with E-state index in [2.05, 4.69) is 10.5 Å². The summed E-state index contributed by atoms with van der Waals surface area (Å²) in [7, 11) is 1.26. The van der Waals surface area contributed by atoms with Crippen LogP contribution in [0.4, 0.5) is 5.69 Å². The highest BCUT2D eigenvalue weighted by Crippen LogP contribution is 2.36. The number of phenolic OH excluding ortho intramolecular Hbond substituents is 1. The number of nitro benzene ring substituents is 1. The predicted octanol–water partition coefficient (Wildman–Crippen LogP) is 2.73. The Balaban J connectivity index is 2.18. The Bertz CT molecular complexity index is 823. The molecule has 0 saturated carbocycles. The summed E-state index contributed by atoms with van der Waals surface area (Å²) in [6, 6.07) is 8.73. The second kappa shape index (κ2) is 7.42. The van der Waals surface area contributed by atoms with Gasteiger partial charge in [0, 0.05) is 22.2 Å². The topological polar surface area (TPSA) is 114 Å². The monoisotopic (exact) mass is 349 g/mol. The van der Waals surface area contributed by atoms with Crippen molar-refractivity contribution in [3.63, 3.8) is 0 Å². The van der Waals surface area contributed by atoms with Crippen LogP contribution < -0.4 is 10.2 Å². The fourth-order valence-electron chi connectivity index (χ4n) is 1.84. The molecule has 9 heteroatoms. The number of nitrogens with zero attached hydrogens (tertiary/aromatic N) is 2. The molecule has 8 nitrogen and oxygen atoms in total. The number of halogens is 1. The number of phenols is 1.